The highest BCUT2D eigenvalue weighted by atomic mass is 28.4. The number of fused-ring (bicyclic) bond motifs is 1. The molecule has 2 rings (SSSR count). The summed E-state index contributed by atoms with van der Waals surface area (Å²) in [5, 5.41) is 12.2. The van der Waals surface area contributed by atoms with E-state index in [0.29, 0.717) is 5.75 Å². The molecule has 0 spiro atoms. The average molecular weight is 517 g/mol. The predicted molar refractivity (Wildman–Crippen MR) is 154 cm³/mol. The van der Waals surface area contributed by atoms with Gasteiger partial charge in [-0.15, -0.1) is 0 Å². The summed E-state index contributed by atoms with van der Waals surface area (Å²) in [6, 6.07) is 16.4. The molecule has 0 unspecified atom stereocenters. The number of carbonyl (C=O) groups is 1. The zero-order valence-electron chi connectivity index (χ0n) is 23.0. The van der Waals surface area contributed by atoms with Crippen molar-refractivity contribution in [1.29, 1.82) is 0 Å². The molecule has 35 heavy (non-hydrogen) atoms. The highest BCUT2D eigenvalue weighted by molar-refractivity contribution is 6.75. The molecule has 4 nitrogen and oxygen atoms in total. The zero-order chi connectivity index (χ0) is 25.9. The van der Waals surface area contributed by atoms with Gasteiger partial charge in [-0.25, -0.2) is 4.79 Å². The largest absolute Gasteiger partial charge is 0.543 e. The summed E-state index contributed by atoms with van der Waals surface area (Å²) >= 11 is 0. The molecule has 0 amide bonds. The summed E-state index contributed by atoms with van der Waals surface area (Å²) in [7, 11) is -4.17. The molecule has 1 N–H and O–H groups in total. The Kier molecular flexibility index (Phi) is 11.8. The number of aromatic carboxylic acids is 1. The first-order valence-corrected chi connectivity index (χ1v) is 19.1. The second kappa shape index (κ2) is 14.1. The topological polar surface area (TPSA) is 55.8 Å². The van der Waals surface area contributed by atoms with Crippen LogP contribution < -0.4 is 8.85 Å². The lowest BCUT2D eigenvalue weighted by molar-refractivity contribution is 0.0694. The van der Waals surface area contributed by atoms with E-state index in [1.807, 2.05) is 18.2 Å². The van der Waals surface area contributed by atoms with Crippen LogP contribution >= 0.6 is 0 Å². The molecule has 0 saturated carbocycles. The van der Waals surface area contributed by atoms with Gasteiger partial charge in [-0.05, 0) is 42.3 Å². The molecule has 0 aliphatic rings. The zero-order valence-corrected chi connectivity index (χ0v) is 25.0. The Morgan fingerprint density at radius 1 is 0.686 bits per heavy atom. The maximum absolute atomic E-state index is 12.6. The molecule has 2 aromatic rings. The second-order valence-electron chi connectivity index (χ2n) is 10.2. The van der Waals surface area contributed by atoms with Crippen molar-refractivity contribution in [2.75, 3.05) is 0 Å². The van der Waals surface area contributed by atoms with Gasteiger partial charge in [0.25, 0.3) is 16.6 Å². The fraction of sp³-hybridized carbons (Fsp3) is 0.621. The van der Waals surface area contributed by atoms with E-state index in [0.717, 1.165) is 91.3 Å². The van der Waals surface area contributed by atoms with E-state index in [1.165, 1.54) is 0 Å². The summed E-state index contributed by atoms with van der Waals surface area (Å²) in [4.78, 5) is 12.6. The Balaban J connectivity index is 2.74. The van der Waals surface area contributed by atoms with Crippen LogP contribution in [0.2, 0.25) is 36.3 Å². The number of carboxylic acid groups (broad SMARTS) is 1. The van der Waals surface area contributed by atoms with Crippen molar-refractivity contribution in [1.82, 2.24) is 0 Å². The van der Waals surface area contributed by atoms with E-state index >= 15 is 0 Å². The SMILES string of the molecule is CCC[Si](CCC)(CCC)Oc1cc(C(=O)O)c(O[Si](CCC)(CCC)CCC)c2ccccc12. The Bertz CT molecular complexity index is 910. The van der Waals surface area contributed by atoms with Gasteiger partial charge in [0.05, 0.1) is 0 Å². The molecular formula is C29H48O4Si2. The summed E-state index contributed by atoms with van der Waals surface area (Å²) in [5.41, 5.74) is 0.256. The minimum atomic E-state index is -2.13. The molecule has 0 heterocycles. The summed E-state index contributed by atoms with van der Waals surface area (Å²) in [6.07, 6.45) is 6.47. The number of carboxylic acids is 1. The molecule has 0 aliphatic heterocycles. The lowest BCUT2D eigenvalue weighted by Crippen LogP contribution is -2.42. The van der Waals surface area contributed by atoms with Gasteiger partial charge in [-0.3, -0.25) is 0 Å². The molecule has 0 atom stereocenters. The van der Waals surface area contributed by atoms with Crippen LogP contribution in [0.15, 0.2) is 30.3 Å². The fourth-order valence-electron chi connectivity index (χ4n) is 5.91. The van der Waals surface area contributed by atoms with E-state index in [2.05, 4.69) is 47.6 Å². The van der Waals surface area contributed by atoms with Gasteiger partial charge in [0, 0.05) is 10.8 Å². The number of hydrogen-bond acceptors (Lipinski definition) is 3. The van der Waals surface area contributed by atoms with Crippen LogP contribution in [-0.2, 0) is 0 Å². The van der Waals surface area contributed by atoms with Gasteiger partial charge in [0.1, 0.15) is 17.1 Å². The van der Waals surface area contributed by atoms with Crippen LogP contribution in [-0.4, -0.2) is 27.7 Å². The molecule has 6 heteroatoms. The van der Waals surface area contributed by atoms with Crippen LogP contribution in [0, 0.1) is 0 Å². The highest BCUT2D eigenvalue weighted by Crippen LogP contribution is 2.42. The molecule has 0 aliphatic carbocycles. The fourth-order valence-corrected chi connectivity index (χ4v) is 14.8. The van der Waals surface area contributed by atoms with Crippen LogP contribution in [0.5, 0.6) is 11.5 Å². The first kappa shape index (κ1) is 29.4. The monoisotopic (exact) mass is 516 g/mol. The standard InChI is InChI=1S/C29H48O4Si2/c1-7-17-34(18-8-2,19-9-3)32-27-23-26(29(30)31)28(25-16-14-13-15-24(25)27)33-35(20-10-4,21-11-5)22-12-6/h13-16,23H,7-12,17-22H2,1-6H3,(H,30,31). The molecule has 0 fully saturated rings. The molecule has 196 valence electrons. The summed E-state index contributed by atoms with van der Waals surface area (Å²) < 4.78 is 14.0. The number of benzene rings is 2. The van der Waals surface area contributed by atoms with Gasteiger partial charge < -0.3 is 14.0 Å². The lowest BCUT2D eigenvalue weighted by atomic mass is 10.0. The van der Waals surface area contributed by atoms with Gasteiger partial charge in [-0.2, -0.15) is 0 Å². The van der Waals surface area contributed by atoms with Gasteiger partial charge in [0.2, 0.25) is 0 Å². The summed E-state index contributed by atoms with van der Waals surface area (Å²) in [6.45, 7) is 13.3. The molecular weight excluding hydrogens is 468 g/mol. The minimum Gasteiger partial charge on any atom is -0.543 e. The Morgan fingerprint density at radius 2 is 1.09 bits per heavy atom. The van der Waals surface area contributed by atoms with Crippen molar-refractivity contribution in [3.63, 3.8) is 0 Å². The van der Waals surface area contributed by atoms with Crippen molar-refractivity contribution >= 4 is 33.4 Å². The number of rotatable bonds is 17. The minimum absolute atomic E-state index is 0.256. The Morgan fingerprint density at radius 3 is 1.49 bits per heavy atom. The van der Waals surface area contributed by atoms with Crippen molar-refractivity contribution in [2.45, 2.75) is 116 Å². The van der Waals surface area contributed by atoms with E-state index in [4.69, 9.17) is 8.85 Å². The van der Waals surface area contributed by atoms with Gasteiger partial charge >= 0.3 is 5.97 Å². The van der Waals surface area contributed by atoms with Crippen molar-refractivity contribution in [2.24, 2.45) is 0 Å². The third-order valence-corrected chi connectivity index (χ3v) is 16.8. The van der Waals surface area contributed by atoms with Crippen LogP contribution in [0.1, 0.15) is 90.4 Å². The Labute approximate surface area is 215 Å². The Hall–Kier alpha value is -1.80. The maximum Gasteiger partial charge on any atom is 0.339 e. The van der Waals surface area contributed by atoms with Crippen LogP contribution in [0.3, 0.4) is 0 Å². The van der Waals surface area contributed by atoms with E-state index < -0.39 is 22.6 Å². The normalized spacial score (nSPS) is 12.2. The third-order valence-electron chi connectivity index (χ3n) is 7.07. The van der Waals surface area contributed by atoms with E-state index in [1.54, 1.807) is 6.07 Å². The molecule has 2 aromatic carbocycles. The second-order valence-corrected chi connectivity index (χ2v) is 18.3. The van der Waals surface area contributed by atoms with E-state index in [9.17, 15) is 9.90 Å². The van der Waals surface area contributed by atoms with Gasteiger partial charge in [-0.1, -0.05) is 104 Å². The van der Waals surface area contributed by atoms with Crippen molar-refractivity contribution in [3.05, 3.63) is 35.9 Å². The molecule has 0 radical (unpaired) electrons. The number of hydrogen-bond donors (Lipinski definition) is 1. The third kappa shape index (κ3) is 7.35. The van der Waals surface area contributed by atoms with Gasteiger partial charge in [0.15, 0.2) is 0 Å². The molecule has 0 saturated heterocycles. The van der Waals surface area contributed by atoms with E-state index in [-0.39, 0.29) is 5.56 Å². The maximum atomic E-state index is 12.6. The highest BCUT2D eigenvalue weighted by Gasteiger charge is 2.38. The predicted octanol–water partition coefficient (Wildman–Crippen LogP) is 9.65. The lowest BCUT2D eigenvalue weighted by Gasteiger charge is -2.35. The molecule has 0 aromatic heterocycles. The first-order chi connectivity index (χ1) is 16.8. The quantitative estimate of drug-likeness (QED) is 0.213. The smallest absolute Gasteiger partial charge is 0.339 e. The van der Waals surface area contributed by atoms with Crippen molar-refractivity contribution < 1.29 is 18.8 Å². The van der Waals surface area contributed by atoms with Crippen molar-refractivity contribution in [3.8, 4) is 11.5 Å². The first-order valence-electron chi connectivity index (χ1n) is 14.0. The average Bonchev–Trinajstić information content (AvgIpc) is 2.81. The summed E-state index contributed by atoms with van der Waals surface area (Å²) in [5.74, 6) is 0.369. The van der Waals surface area contributed by atoms with Crippen LogP contribution in [0.25, 0.3) is 10.8 Å². The molecule has 0 bridgehead atoms. The van der Waals surface area contributed by atoms with Crippen LogP contribution in [0.4, 0.5) is 0 Å².